The molecule has 0 bridgehead atoms. The van der Waals surface area contributed by atoms with Gasteiger partial charge in [-0.3, -0.25) is 4.79 Å². The Balaban J connectivity index is 0.000000272. The van der Waals surface area contributed by atoms with Crippen LogP contribution >= 0.6 is 0 Å². The molecule has 3 aromatic rings. The number of carbonyl (C=O) groups is 2. The molecule has 6 heteroatoms. The quantitative estimate of drug-likeness (QED) is 0.0846. The van der Waals surface area contributed by atoms with Gasteiger partial charge in [-0.15, -0.1) is 0 Å². The summed E-state index contributed by atoms with van der Waals surface area (Å²) < 4.78 is 15.3. The Hall–Kier alpha value is -4.06. The van der Waals surface area contributed by atoms with Gasteiger partial charge in [0, 0.05) is 11.6 Å². The van der Waals surface area contributed by atoms with Crippen molar-refractivity contribution in [3.05, 3.63) is 101 Å². The van der Waals surface area contributed by atoms with E-state index in [4.69, 9.17) is 14.2 Å². The van der Waals surface area contributed by atoms with E-state index in [0.717, 1.165) is 18.4 Å². The topological polar surface area (TPSA) is 82.1 Å². The van der Waals surface area contributed by atoms with Crippen molar-refractivity contribution in [2.24, 2.45) is 0 Å². The van der Waals surface area contributed by atoms with E-state index in [1.807, 2.05) is 36.4 Å². The zero-order chi connectivity index (χ0) is 27.6. The average molecular weight is 519 g/mol. The average Bonchev–Trinajstić information content (AvgIpc) is 2.96. The van der Waals surface area contributed by atoms with Crippen LogP contribution in [-0.2, 0) is 14.3 Å². The lowest BCUT2D eigenvalue weighted by molar-refractivity contribution is -0.142. The van der Waals surface area contributed by atoms with Crippen molar-refractivity contribution in [3.8, 4) is 11.5 Å². The van der Waals surface area contributed by atoms with E-state index >= 15 is 0 Å². The highest BCUT2D eigenvalue weighted by Crippen LogP contribution is 2.25. The van der Waals surface area contributed by atoms with Gasteiger partial charge in [0.15, 0.2) is 5.78 Å². The van der Waals surface area contributed by atoms with Gasteiger partial charge < -0.3 is 19.3 Å². The van der Waals surface area contributed by atoms with Gasteiger partial charge in [-0.2, -0.15) is 0 Å². The zero-order valence-electron chi connectivity index (χ0n) is 22.5. The molecule has 1 N–H and O–H groups in total. The molecule has 0 aliphatic rings. The van der Waals surface area contributed by atoms with E-state index in [9.17, 15) is 14.7 Å². The third-order valence-electron chi connectivity index (χ3n) is 5.73. The fourth-order valence-corrected chi connectivity index (χ4v) is 3.60. The second-order valence-corrected chi connectivity index (χ2v) is 8.61. The van der Waals surface area contributed by atoms with Crippen LogP contribution in [-0.4, -0.2) is 37.7 Å². The Morgan fingerprint density at radius 3 is 2.05 bits per heavy atom. The predicted octanol–water partition coefficient (Wildman–Crippen LogP) is 7.21. The Morgan fingerprint density at radius 2 is 1.45 bits per heavy atom. The van der Waals surface area contributed by atoms with Crippen LogP contribution < -0.4 is 4.74 Å². The number of methoxy groups -OCH3 is 2. The number of ketones is 1. The molecule has 0 aliphatic carbocycles. The third kappa shape index (κ3) is 10.5. The van der Waals surface area contributed by atoms with Crippen molar-refractivity contribution >= 4 is 17.8 Å². The van der Waals surface area contributed by atoms with E-state index in [1.54, 1.807) is 42.5 Å². The summed E-state index contributed by atoms with van der Waals surface area (Å²) in [4.78, 5) is 24.0. The van der Waals surface area contributed by atoms with Gasteiger partial charge in [-0.05, 0) is 30.2 Å². The van der Waals surface area contributed by atoms with Crippen LogP contribution in [0, 0.1) is 0 Å². The molecule has 0 saturated heterocycles. The number of carbonyl (C=O) groups excluding carboxylic acids is 2. The van der Waals surface area contributed by atoms with Crippen LogP contribution in [0.25, 0.3) is 6.08 Å². The minimum absolute atomic E-state index is 0.0711. The summed E-state index contributed by atoms with van der Waals surface area (Å²) in [7, 11) is 2.99. The predicted molar refractivity (Wildman–Crippen MR) is 150 cm³/mol. The lowest BCUT2D eigenvalue weighted by atomic mass is 10.0. The number of aromatic hydroxyl groups is 1. The molecule has 0 atom stereocenters. The second-order valence-electron chi connectivity index (χ2n) is 8.61. The van der Waals surface area contributed by atoms with Gasteiger partial charge in [0.1, 0.15) is 11.5 Å². The minimum Gasteiger partial charge on any atom is -0.507 e. The molecule has 0 saturated carbocycles. The van der Waals surface area contributed by atoms with Crippen molar-refractivity contribution in [2.45, 2.75) is 45.4 Å². The SMILES string of the molecule is CCCCCCCCOC(=O)C(=Cc1ccccc1)OC.COc1ccc(C(=O)c2ccccc2)c(O)c1. The first kappa shape index (κ1) is 30.2. The Kier molecular flexibility index (Phi) is 13.8. The normalized spacial score (nSPS) is 10.7. The van der Waals surface area contributed by atoms with Crippen molar-refractivity contribution in [1.29, 1.82) is 0 Å². The third-order valence-corrected chi connectivity index (χ3v) is 5.73. The molecule has 38 heavy (non-hydrogen) atoms. The number of phenolic OH excluding ortho intramolecular Hbond substituents is 1. The van der Waals surface area contributed by atoms with Crippen LogP contribution in [0.4, 0.5) is 0 Å². The Labute approximate surface area is 225 Å². The number of hydrogen-bond donors (Lipinski definition) is 1. The van der Waals surface area contributed by atoms with Gasteiger partial charge in [0.2, 0.25) is 5.76 Å². The van der Waals surface area contributed by atoms with E-state index in [0.29, 0.717) is 17.9 Å². The fraction of sp³-hybridized carbons (Fsp3) is 0.312. The van der Waals surface area contributed by atoms with Crippen LogP contribution in [0.15, 0.2) is 84.6 Å². The summed E-state index contributed by atoms with van der Waals surface area (Å²) >= 11 is 0. The van der Waals surface area contributed by atoms with E-state index in [1.165, 1.54) is 46.0 Å². The van der Waals surface area contributed by atoms with Crippen LogP contribution in [0.5, 0.6) is 11.5 Å². The number of unbranched alkanes of at least 4 members (excludes halogenated alkanes) is 5. The maximum absolute atomic E-state index is 12.1. The summed E-state index contributed by atoms with van der Waals surface area (Å²) in [6.45, 7) is 2.66. The molecule has 6 nitrogen and oxygen atoms in total. The summed E-state index contributed by atoms with van der Waals surface area (Å²) in [5.74, 6) is 0.0955. The van der Waals surface area contributed by atoms with Crippen molar-refractivity contribution in [2.75, 3.05) is 20.8 Å². The molecule has 0 aromatic heterocycles. The molecule has 0 fully saturated rings. The van der Waals surface area contributed by atoms with Gasteiger partial charge in [-0.25, -0.2) is 4.79 Å². The highest BCUT2D eigenvalue weighted by atomic mass is 16.6. The number of hydrogen-bond acceptors (Lipinski definition) is 6. The highest BCUT2D eigenvalue weighted by Gasteiger charge is 2.14. The first-order valence-electron chi connectivity index (χ1n) is 12.9. The number of rotatable bonds is 13. The first-order chi connectivity index (χ1) is 18.5. The highest BCUT2D eigenvalue weighted by molar-refractivity contribution is 6.10. The second kappa shape index (κ2) is 17.4. The van der Waals surface area contributed by atoms with Gasteiger partial charge in [0.25, 0.3) is 0 Å². The summed E-state index contributed by atoms with van der Waals surface area (Å²) in [6.07, 6.45) is 8.73. The molecule has 0 heterocycles. The fourth-order valence-electron chi connectivity index (χ4n) is 3.60. The molecule has 3 rings (SSSR count). The number of esters is 1. The smallest absolute Gasteiger partial charge is 0.373 e. The van der Waals surface area contributed by atoms with Crippen molar-refractivity contribution in [1.82, 2.24) is 0 Å². The molecule has 0 aliphatic heterocycles. The summed E-state index contributed by atoms with van der Waals surface area (Å²) in [5.41, 5.74) is 1.75. The molecule has 202 valence electrons. The molecule has 0 radical (unpaired) electrons. The largest absolute Gasteiger partial charge is 0.507 e. The minimum atomic E-state index is -0.394. The maximum atomic E-state index is 12.1. The van der Waals surface area contributed by atoms with Crippen LogP contribution in [0.1, 0.15) is 66.9 Å². The Bertz CT molecular complexity index is 1140. The molecule has 0 amide bonds. The lowest BCUT2D eigenvalue weighted by Gasteiger charge is -2.07. The number of ether oxygens (including phenoxy) is 3. The van der Waals surface area contributed by atoms with Crippen LogP contribution in [0.2, 0.25) is 0 Å². The van der Waals surface area contributed by atoms with Crippen molar-refractivity contribution in [3.63, 3.8) is 0 Å². The maximum Gasteiger partial charge on any atom is 0.373 e. The first-order valence-corrected chi connectivity index (χ1v) is 12.9. The molecule has 0 unspecified atom stereocenters. The molecular formula is C32H38O6. The Morgan fingerprint density at radius 1 is 0.816 bits per heavy atom. The molecule has 0 spiro atoms. The standard InChI is InChI=1S/C18H26O3.C14H12O3/c1-3-4-5-6-7-11-14-21-18(19)17(20-2)15-16-12-9-8-10-13-16;1-17-11-7-8-12(13(15)9-11)14(16)10-5-3-2-4-6-10/h8-10,12-13,15H,3-7,11,14H2,1-2H3;2-9,15H,1H3. The van der Waals surface area contributed by atoms with Gasteiger partial charge >= 0.3 is 5.97 Å². The lowest BCUT2D eigenvalue weighted by Crippen LogP contribution is -2.10. The van der Waals surface area contributed by atoms with Crippen LogP contribution in [0.3, 0.4) is 0 Å². The molecular weight excluding hydrogens is 480 g/mol. The van der Waals surface area contributed by atoms with E-state index < -0.39 is 5.97 Å². The summed E-state index contributed by atoms with van der Waals surface area (Å²) in [6, 6.07) is 23.1. The van der Waals surface area contributed by atoms with Gasteiger partial charge in [-0.1, -0.05) is 99.7 Å². The van der Waals surface area contributed by atoms with E-state index in [-0.39, 0.29) is 22.9 Å². The van der Waals surface area contributed by atoms with E-state index in [2.05, 4.69) is 6.92 Å². The zero-order valence-corrected chi connectivity index (χ0v) is 22.5. The molecule has 3 aromatic carbocycles. The van der Waals surface area contributed by atoms with Gasteiger partial charge in [0.05, 0.1) is 26.4 Å². The number of benzene rings is 3. The monoisotopic (exact) mass is 518 g/mol. The van der Waals surface area contributed by atoms with Crippen molar-refractivity contribution < 1.29 is 28.9 Å². The summed E-state index contributed by atoms with van der Waals surface area (Å²) in [5, 5.41) is 9.75. The number of phenols is 1.